The first kappa shape index (κ1) is 19.3. The van der Waals surface area contributed by atoms with Crippen LogP contribution in [0.3, 0.4) is 0 Å². The number of ketones is 1. The summed E-state index contributed by atoms with van der Waals surface area (Å²) >= 11 is 0. The molecule has 1 unspecified atom stereocenters. The lowest BCUT2D eigenvalue weighted by molar-refractivity contribution is 0.0695. The molecule has 0 bridgehead atoms. The van der Waals surface area contributed by atoms with Crippen molar-refractivity contribution in [3.63, 3.8) is 0 Å². The standard InChI is InChI=1S/C25H18O5/c1-3-15(14-10-11-16(25(29)30)13(2)12-14)21-17-6-4-8-19(26)22(17)24(28)23-18(21)7-5-9-20(23)27/h1,4-12,15,21,26-27H,2H3,(H,29,30). The second-order valence-electron chi connectivity index (χ2n) is 7.31. The quantitative estimate of drug-likeness (QED) is 0.575. The summed E-state index contributed by atoms with van der Waals surface area (Å²) in [5.41, 5.74) is 2.85. The van der Waals surface area contributed by atoms with Gasteiger partial charge in [0, 0.05) is 5.92 Å². The number of aromatic hydroxyl groups is 2. The first-order chi connectivity index (χ1) is 14.3. The zero-order valence-electron chi connectivity index (χ0n) is 16.1. The van der Waals surface area contributed by atoms with Gasteiger partial charge in [-0.05, 0) is 47.4 Å². The number of fused-ring (bicyclic) bond motifs is 2. The summed E-state index contributed by atoms with van der Waals surface area (Å²) in [6.45, 7) is 1.70. The molecular formula is C25H18O5. The van der Waals surface area contributed by atoms with Crippen LogP contribution in [-0.4, -0.2) is 27.1 Å². The lowest BCUT2D eigenvalue weighted by atomic mass is 9.69. The Morgan fingerprint density at radius 2 is 1.57 bits per heavy atom. The molecule has 0 saturated carbocycles. The molecule has 148 valence electrons. The highest BCUT2D eigenvalue weighted by Crippen LogP contribution is 2.48. The molecule has 5 heteroatoms. The number of carboxylic acids is 1. The maximum atomic E-state index is 13.1. The maximum absolute atomic E-state index is 13.1. The van der Waals surface area contributed by atoms with Gasteiger partial charge < -0.3 is 15.3 Å². The third kappa shape index (κ3) is 2.82. The van der Waals surface area contributed by atoms with E-state index in [0.29, 0.717) is 22.3 Å². The Bertz CT molecular complexity index is 1190. The summed E-state index contributed by atoms with van der Waals surface area (Å²) in [5.74, 6) is -0.118. The molecule has 1 atom stereocenters. The van der Waals surface area contributed by atoms with Crippen LogP contribution < -0.4 is 0 Å². The summed E-state index contributed by atoms with van der Waals surface area (Å²) in [6, 6.07) is 14.5. The van der Waals surface area contributed by atoms with Crippen molar-refractivity contribution < 1.29 is 24.9 Å². The largest absolute Gasteiger partial charge is 0.507 e. The molecule has 4 rings (SSSR count). The molecule has 3 aromatic carbocycles. The predicted octanol–water partition coefficient (Wildman–Crippen LogP) is 4.20. The number of rotatable bonds is 3. The SMILES string of the molecule is C#CC(c1ccc(C(=O)O)c(C)c1)C1c2cccc(O)c2C(=O)c2c(O)cccc21. The summed E-state index contributed by atoms with van der Waals surface area (Å²) in [7, 11) is 0. The highest BCUT2D eigenvalue weighted by atomic mass is 16.4. The average Bonchev–Trinajstić information content (AvgIpc) is 2.70. The van der Waals surface area contributed by atoms with Gasteiger partial charge >= 0.3 is 5.97 Å². The number of phenols is 2. The number of aromatic carboxylic acids is 1. The second kappa shape index (κ2) is 7.09. The highest BCUT2D eigenvalue weighted by Gasteiger charge is 2.38. The van der Waals surface area contributed by atoms with E-state index < -0.39 is 23.6 Å². The van der Waals surface area contributed by atoms with Crippen LogP contribution in [0.15, 0.2) is 54.6 Å². The molecule has 0 fully saturated rings. The third-order valence-electron chi connectivity index (χ3n) is 5.63. The van der Waals surface area contributed by atoms with Gasteiger partial charge in [0.05, 0.1) is 22.6 Å². The number of carboxylic acid groups (broad SMARTS) is 1. The van der Waals surface area contributed by atoms with Crippen molar-refractivity contribution in [2.75, 3.05) is 0 Å². The molecule has 0 spiro atoms. The van der Waals surface area contributed by atoms with Crippen molar-refractivity contribution in [2.24, 2.45) is 0 Å². The Balaban J connectivity index is 1.98. The van der Waals surface area contributed by atoms with E-state index in [0.717, 1.165) is 0 Å². The van der Waals surface area contributed by atoms with Gasteiger partial charge in [0.2, 0.25) is 5.78 Å². The van der Waals surface area contributed by atoms with Gasteiger partial charge in [0.15, 0.2) is 0 Å². The number of terminal acetylenes is 1. The van der Waals surface area contributed by atoms with E-state index in [1.807, 2.05) is 0 Å². The number of carbonyl (C=O) groups is 2. The zero-order chi connectivity index (χ0) is 21.6. The molecule has 1 aliphatic carbocycles. The fourth-order valence-electron chi connectivity index (χ4n) is 4.28. The third-order valence-corrected chi connectivity index (χ3v) is 5.63. The van der Waals surface area contributed by atoms with Gasteiger partial charge in [-0.2, -0.15) is 0 Å². The first-order valence-corrected chi connectivity index (χ1v) is 9.33. The fourth-order valence-corrected chi connectivity index (χ4v) is 4.28. The van der Waals surface area contributed by atoms with Crippen LogP contribution in [0.4, 0.5) is 0 Å². The van der Waals surface area contributed by atoms with Crippen molar-refractivity contribution >= 4 is 11.8 Å². The van der Waals surface area contributed by atoms with Crippen molar-refractivity contribution in [1.82, 2.24) is 0 Å². The summed E-state index contributed by atoms with van der Waals surface area (Å²) in [5, 5.41) is 30.1. The van der Waals surface area contributed by atoms with E-state index in [2.05, 4.69) is 5.92 Å². The van der Waals surface area contributed by atoms with Crippen LogP contribution in [0.1, 0.15) is 60.4 Å². The van der Waals surface area contributed by atoms with E-state index in [1.165, 1.54) is 18.2 Å². The molecule has 30 heavy (non-hydrogen) atoms. The first-order valence-electron chi connectivity index (χ1n) is 9.33. The Morgan fingerprint density at radius 1 is 1.00 bits per heavy atom. The van der Waals surface area contributed by atoms with Crippen molar-refractivity contribution in [2.45, 2.75) is 18.8 Å². The van der Waals surface area contributed by atoms with E-state index in [4.69, 9.17) is 6.42 Å². The Hall–Kier alpha value is -4.04. The normalized spacial score (nSPS) is 13.8. The number of phenolic OH excluding ortho intramolecular Hbond substituents is 2. The number of aryl methyl sites for hydroxylation is 1. The molecule has 0 aromatic heterocycles. The van der Waals surface area contributed by atoms with Crippen LogP contribution in [0.5, 0.6) is 11.5 Å². The van der Waals surface area contributed by atoms with Crippen LogP contribution in [0.25, 0.3) is 0 Å². The molecule has 0 amide bonds. The van der Waals surface area contributed by atoms with Gasteiger partial charge in [0.25, 0.3) is 0 Å². The minimum atomic E-state index is -1.02. The molecule has 0 radical (unpaired) electrons. The summed E-state index contributed by atoms with van der Waals surface area (Å²) in [6.07, 6.45) is 5.93. The topological polar surface area (TPSA) is 94.8 Å². The van der Waals surface area contributed by atoms with Crippen LogP contribution in [-0.2, 0) is 0 Å². The molecule has 3 N–H and O–H groups in total. The predicted molar refractivity (Wildman–Crippen MR) is 111 cm³/mol. The lowest BCUT2D eigenvalue weighted by Crippen LogP contribution is -2.24. The number of carbonyl (C=O) groups excluding carboxylic acids is 1. The van der Waals surface area contributed by atoms with E-state index >= 15 is 0 Å². The molecule has 1 aliphatic rings. The van der Waals surface area contributed by atoms with Crippen molar-refractivity contribution in [1.29, 1.82) is 0 Å². The lowest BCUT2D eigenvalue weighted by Gasteiger charge is -2.32. The monoisotopic (exact) mass is 398 g/mol. The van der Waals surface area contributed by atoms with Crippen LogP contribution in [0, 0.1) is 19.3 Å². The maximum Gasteiger partial charge on any atom is 0.335 e. The summed E-state index contributed by atoms with van der Waals surface area (Å²) in [4.78, 5) is 24.5. The Kier molecular flexibility index (Phi) is 4.56. The average molecular weight is 398 g/mol. The molecule has 0 heterocycles. The molecular weight excluding hydrogens is 380 g/mol. The second-order valence-corrected chi connectivity index (χ2v) is 7.31. The minimum absolute atomic E-state index is 0.121. The Morgan fingerprint density at radius 3 is 2.03 bits per heavy atom. The summed E-state index contributed by atoms with van der Waals surface area (Å²) < 4.78 is 0. The molecule has 0 aliphatic heterocycles. The van der Waals surface area contributed by atoms with Gasteiger partial charge in [-0.3, -0.25) is 4.79 Å². The zero-order valence-corrected chi connectivity index (χ0v) is 16.1. The number of hydrogen-bond donors (Lipinski definition) is 3. The van der Waals surface area contributed by atoms with Crippen LogP contribution in [0.2, 0.25) is 0 Å². The minimum Gasteiger partial charge on any atom is -0.507 e. The molecule has 5 nitrogen and oxygen atoms in total. The van der Waals surface area contributed by atoms with Crippen molar-refractivity contribution in [3.8, 4) is 23.8 Å². The fraction of sp³-hybridized carbons (Fsp3) is 0.120. The Labute approximate surface area is 173 Å². The highest BCUT2D eigenvalue weighted by molar-refractivity contribution is 6.16. The molecule has 0 saturated heterocycles. The van der Waals surface area contributed by atoms with Gasteiger partial charge in [0.1, 0.15) is 11.5 Å². The smallest absolute Gasteiger partial charge is 0.335 e. The molecule has 3 aromatic rings. The van der Waals surface area contributed by atoms with Gasteiger partial charge in [-0.1, -0.05) is 42.3 Å². The van der Waals surface area contributed by atoms with Gasteiger partial charge in [-0.25, -0.2) is 4.79 Å². The van der Waals surface area contributed by atoms with E-state index in [1.54, 1.807) is 43.3 Å². The van der Waals surface area contributed by atoms with E-state index in [-0.39, 0.29) is 28.2 Å². The number of benzene rings is 3. The number of hydrogen-bond acceptors (Lipinski definition) is 4. The van der Waals surface area contributed by atoms with Crippen LogP contribution >= 0.6 is 0 Å². The van der Waals surface area contributed by atoms with Gasteiger partial charge in [-0.15, -0.1) is 6.42 Å². The van der Waals surface area contributed by atoms with Crippen molar-refractivity contribution in [3.05, 3.63) is 93.5 Å². The van der Waals surface area contributed by atoms with E-state index in [9.17, 15) is 24.9 Å².